The second kappa shape index (κ2) is 6.65. The van der Waals surface area contributed by atoms with E-state index in [-0.39, 0.29) is 5.69 Å². The maximum absolute atomic E-state index is 10.9. The van der Waals surface area contributed by atoms with Crippen LogP contribution < -0.4 is 5.32 Å². The molecule has 1 N–H and O–H groups in total. The molecule has 0 radical (unpaired) electrons. The number of pyridine rings is 1. The number of nitrogens with zero attached hydrogens (tertiary/aromatic N) is 3. The fourth-order valence-corrected chi connectivity index (χ4v) is 1.82. The summed E-state index contributed by atoms with van der Waals surface area (Å²) in [6, 6.07) is 0.447. The number of nitrogens with one attached hydrogen (secondary N) is 1. The van der Waals surface area contributed by atoms with Gasteiger partial charge in [0, 0.05) is 25.3 Å². The van der Waals surface area contributed by atoms with Crippen molar-refractivity contribution in [2.45, 2.75) is 19.9 Å². The van der Waals surface area contributed by atoms with Crippen LogP contribution in [0.1, 0.15) is 13.8 Å². The fraction of sp³-hybridized carbons (Fsp3) is 0.545. The molecule has 0 saturated carbocycles. The molecule has 1 aromatic heterocycles. The Bertz CT molecular complexity index is 426. The third-order valence-corrected chi connectivity index (χ3v) is 3.33. The van der Waals surface area contributed by atoms with E-state index in [0.29, 0.717) is 22.7 Å². The van der Waals surface area contributed by atoms with Gasteiger partial charge in [0.2, 0.25) is 0 Å². The van der Waals surface area contributed by atoms with Gasteiger partial charge in [-0.05, 0) is 36.8 Å². The van der Waals surface area contributed by atoms with Crippen molar-refractivity contribution in [3.8, 4) is 0 Å². The van der Waals surface area contributed by atoms with E-state index < -0.39 is 4.92 Å². The molecule has 1 heterocycles. The molecule has 100 valence electrons. The van der Waals surface area contributed by atoms with Crippen LogP contribution in [0.15, 0.2) is 16.9 Å². The summed E-state index contributed by atoms with van der Waals surface area (Å²) in [6.07, 6.45) is 2.79. The van der Waals surface area contributed by atoms with Crippen molar-refractivity contribution in [3.05, 3.63) is 27.0 Å². The molecule has 0 aliphatic heterocycles. The molecule has 0 unspecified atom stereocenters. The van der Waals surface area contributed by atoms with E-state index in [9.17, 15) is 10.1 Å². The van der Waals surface area contributed by atoms with Gasteiger partial charge in [0.05, 0.1) is 9.40 Å². The second-order valence-corrected chi connectivity index (χ2v) is 5.13. The highest BCUT2D eigenvalue weighted by Gasteiger charge is 2.16. The molecule has 0 aliphatic carbocycles. The number of halogens is 1. The third kappa shape index (κ3) is 3.92. The lowest BCUT2D eigenvalue weighted by atomic mass is 10.3. The Balaban J connectivity index is 2.70. The molecule has 1 rings (SSSR count). The number of rotatable bonds is 6. The molecule has 0 aliphatic rings. The molecule has 7 heteroatoms. The van der Waals surface area contributed by atoms with Crippen LogP contribution in [0.25, 0.3) is 0 Å². The monoisotopic (exact) mass is 316 g/mol. The Hall–Kier alpha value is -1.21. The minimum absolute atomic E-state index is 0.0171. The van der Waals surface area contributed by atoms with Crippen LogP contribution in [0.3, 0.4) is 0 Å². The number of likely N-dealkylation sites (N-methyl/N-ethyl adjacent to an activating group) is 1. The molecule has 0 amide bonds. The molecule has 0 aromatic carbocycles. The van der Waals surface area contributed by atoms with Gasteiger partial charge in [-0.3, -0.25) is 15.1 Å². The summed E-state index contributed by atoms with van der Waals surface area (Å²) in [4.78, 5) is 16.4. The van der Waals surface area contributed by atoms with Gasteiger partial charge < -0.3 is 10.2 Å². The largest absolute Gasteiger partial charge is 0.377 e. The maximum atomic E-state index is 10.9. The Morgan fingerprint density at radius 2 is 2.22 bits per heavy atom. The molecular formula is C11H17BrN4O2. The zero-order valence-corrected chi connectivity index (χ0v) is 12.3. The zero-order valence-electron chi connectivity index (χ0n) is 10.7. The summed E-state index contributed by atoms with van der Waals surface area (Å²) in [6.45, 7) is 5.65. The molecule has 0 spiro atoms. The van der Waals surface area contributed by atoms with E-state index in [1.165, 1.54) is 6.20 Å². The highest BCUT2D eigenvalue weighted by atomic mass is 79.9. The molecular weight excluding hydrogens is 300 g/mol. The molecule has 18 heavy (non-hydrogen) atoms. The van der Waals surface area contributed by atoms with Gasteiger partial charge in [-0.15, -0.1) is 0 Å². The summed E-state index contributed by atoms with van der Waals surface area (Å²) in [5, 5.41) is 14.0. The van der Waals surface area contributed by atoms with Crippen LogP contribution in [0, 0.1) is 10.1 Å². The molecule has 1 aromatic rings. The first-order valence-corrected chi connectivity index (χ1v) is 6.44. The van der Waals surface area contributed by atoms with E-state index in [1.807, 2.05) is 7.05 Å². The van der Waals surface area contributed by atoms with Crippen molar-refractivity contribution in [3.63, 3.8) is 0 Å². The first-order chi connectivity index (χ1) is 8.43. The van der Waals surface area contributed by atoms with Crippen molar-refractivity contribution in [1.82, 2.24) is 9.88 Å². The van der Waals surface area contributed by atoms with Crippen LogP contribution in [-0.2, 0) is 0 Å². The van der Waals surface area contributed by atoms with E-state index in [0.717, 1.165) is 6.54 Å². The number of hydrogen-bond donors (Lipinski definition) is 1. The van der Waals surface area contributed by atoms with Gasteiger partial charge in [-0.25, -0.2) is 0 Å². The average Bonchev–Trinajstić information content (AvgIpc) is 2.30. The molecule has 0 saturated heterocycles. The van der Waals surface area contributed by atoms with Crippen molar-refractivity contribution < 1.29 is 4.92 Å². The van der Waals surface area contributed by atoms with Gasteiger partial charge in [-0.1, -0.05) is 0 Å². The Morgan fingerprint density at radius 1 is 1.56 bits per heavy atom. The summed E-state index contributed by atoms with van der Waals surface area (Å²) in [5.41, 5.74) is 0.462. The van der Waals surface area contributed by atoms with Crippen molar-refractivity contribution in [2.75, 3.05) is 25.5 Å². The molecule has 0 fully saturated rings. The normalized spacial score (nSPS) is 11.0. The Labute approximate surface area is 115 Å². The van der Waals surface area contributed by atoms with Crippen molar-refractivity contribution in [2.24, 2.45) is 0 Å². The smallest absolute Gasteiger partial charge is 0.311 e. The Morgan fingerprint density at radius 3 is 2.78 bits per heavy atom. The highest BCUT2D eigenvalue weighted by molar-refractivity contribution is 9.10. The molecule has 6 nitrogen and oxygen atoms in total. The first kappa shape index (κ1) is 14.8. The summed E-state index contributed by atoms with van der Waals surface area (Å²) >= 11 is 3.27. The average molecular weight is 317 g/mol. The maximum Gasteiger partial charge on any atom is 0.311 e. The predicted octanol–water partition coefficient (Wildman–Crippen LogP) is 2.50. The minimum atomic E-state index is -0.438. The van der Waals surface area contributed by atoms with E-state index in [4.69, 9.17) is 0 Å². The Kier molecular flexibility index (Phi) is 5.49. The lowest BCUT2D eigenvalue weighted by Crippen LogP contribution is -2.31. The summed E-state index contributed by atoms with van der Waals surface area (Å²) in [5.74, 6) is 0. The van der Waals surface area contributed by atoms with Gasteiger partial charge in [0.1, 0.15) is 11.9 Å². The second-order valence-electron chi connectivity index (χ2n) is 4.27. The van der Waals surface area contributed by atoms with Crippen LogP contribution in [0.4, 0.5) is 11.4 Å². The van der Waals surface area contributed by atoms with Gasteiger partial charge in [-0.2, -0.15) is 0 Å². The van der Waals surface area contributed by atoms with E-state index >= 15 is 0 Å². The molecule has 0 atom stereocenters. The number of anilines is 1. The van der Waals surface area contributed by atoms with Crippen molar-refractivity contribution >= 4 is 27.3 Å². The SMILES string of the molecule is CC(C)N(C)CCNc1c(Br)cncc1[N+](=O)[O-]. The third-order valence-electron chi connectivity index (χ3n) is 2.72. The quantitative estimate of drug-likeness (QED) is 0.645. The topological polar surface area (TPSA) is 71.3 Å². The fourth-order valence-electron chi connectivity index (χ4n) is 1.35. The number of aromatic nitrogens is 1. The van der Waals surface area contributed by atoms with Crippen molar-refractivity contribution in [1.29, 1.82) is 0 Å². The molecule has 0 bridgehead atoms. The van der Waals surface area contributed by atoms with Crippen LogP contribution in [0.2, 0.25) is 0 Å². The standard InChI is InChI=1S/C11H17BrN4O2/c1-8(2)15(3)5-4-14-11-9(12)6-13-7-10(11)16(17)18/h6-8H,4-5H2,1-3H3,(H,13,14). The first-order valence-electron chi connectivity index (χ1n) is 5.65. The van der Waals surface area contributed by atoms with Gasteiger partial charge >= 0.3 is 5.69 Å². The van der Waals surface area contributed by atoms with Gasteiger partial charge in [0.25, 0.3) is 0 Å². The predicted molar refractivity (Wildman–Crippen MR) is 74.8 cm³/mol. The number of nitro groups is 1. The van der Waals surface area contributed by atoms with E-state index in [1.54, 1.807) is 6.20 Å². The van der Waals surface area contributed by atoms with Gasteiger partial charge in [0.15, 0.2) is 0 Å². The zero-order chi connectivity index (χ0) is 13.7. The lowest BCUT2D eigenvalue weighted by molar-refractivity contribution is -0.384. The van der Waals surface area contributed by atoms with Crippen LogP contribution >= 0.6 is 15.9 Å². The lowest BCUT2D eigenvalue weighted by Gasteiger charge is -2.21. The summed E-state index contributed by atoms with van der Waals surface area (Å²) < 4.78 is 0.601. The number of hydrogen-bond acceptors (Lipinski definition) is 5. The minimum Gasteiger partial charge on any atom is -0.377 e. The van der Waals surface area contributed by atoms with Crippen LogP contribution in [0.5, 0.6) is 0 Å². The van der Waals surface area contributed by atoms with Crippen LogP contribution in [-0.4, -0.2) is 41.0 Å². The van der Waals surface area contributed by atoms with E-state index in [2.05, 4.69) is 45.0 Å². The highest BCUT2D eigenvalue weighted by Crippen LogP contribution is 2.30. The summed E-state index contributed by atoms with van der Waals surface area (Å²) in [7, 11) is 2.02.